The Morgan fingerprint density at radius 1 is 1.17 bits per heavy atom. The molecule has 1 N–H and O–H groups in total. The molecule has 120 valence electrons. The van der Waals surface area contributed by atoms with E-state index in [4.69, 9.17) is 0 Å². The number of hydrogen-bond acceptors (Lipinski definition) is 3. The molecule has 0 amide bonds. The van der Waals surface area contributed by atoms with E-state index in [1.165, 1.54) is 22.4 Å². The molecule has 6 heteroatoms. The Labute approximate surface area is 141 Å². The first kappa shape index (κ1) is 15.0. The average Bonchev–Trinajstić information content (AvgIpc) is 2.96. The van der Waals surface area contributed by atoms with Gasteiger partial charge in [-0.15, -0.1) is 0 Å². The van der Waals surface area contributed by atoms with Crippen molar-refractivity contribution < 1.29 is 4.39 Å². The summed E-state index contributed by atoms with van der Waals surface area (Å²) in [5, 5.41) is 1.38. The fourth-order valence-electron chi connectivity index (χ4n) is 2.81. The van der Waals surface area contributed by atoms with Gasteiger partial charge in [0.05, 0.1) is 5.69 Å². The fraction of sp³-hybridized carbons (Fsp3) is 0.111. The van der Waals surface area contributed by atoms with Crippen molar-refractivity contribution in [1.29, 1.82) is 0 Å². The Kier molecular flexibility index (Phi) is 3.61. The van der Waals surface area contributed by atoms with E-state index >= 15 is 0 Å². The molecule has 0 radical (unpaired) electrons. The molecule has 0 saturated heterocycles. The Morgan fingerprint density at radius 3 is 2.71 bits per heavy atom. The van der Waals surface area contributed by atoms with Gasteiger partial charge in [-0.3, -0.25) is 9.36 Å². The highest BCUT2D eigenvalue weighted by Crippen LogP contribution is 2.26. The van der Waals surface area contributed by atoms with Gasteiger partial charge in [-0.2, -0.15) is 0 Å². The number of fused-ring (bicyclic) bond motifs is 3. The first-order chi connectivity index (χ1) is 11.7. The third kappa shape index (κ3) is 2.22. The molecule has 0 unspecified atom stereocenters. The number of aromatic nitrogens is 3. The Hall–Kier alpha value is -2.60. The molecular weight excluding hydrogens is 325 g/mol. The third-order valence-corrected chi connectivity index (χ3v) is 4.68. The van der Waals surface area contributed by atoms with Gasteiger partial charge in [0, 0.05) is 10.9 Å². The van der Waals surface area contributed by atoms with Gasteiger partial charge in [-0.05, 0) is 24.0 Å². The van der Waals surface area contributed by atoms with E-state index in [0.717, 1.165) is 16.7 Å². The van der Waals surface area contributed by atoms with Crippen LogP contribution in [0.1, 0.15) is 6.92 Å². The third-order valence-electron chi connectivity index (χ3n) is 3.86. The highest BCUT2D eigenvalue weighted by atomic mass is 32.2. The van der Waals surface area contributed by atoms with Crippen LogP contribution < -0.4 is 5.56 Å². The van der Waals surface area contributed by atoms with Crippen LogP contribution in [0.4, 0.5) is 4.39 Å². The Morgan fingerprint density at radius 2 is 1.92 bits per heavy atom. The Balaban J connectivity index is 2.14. The van der Waals surface area contributed by atoms with Crippen LogP contribution in [0.5, 0.6) is 0 Å². The standard InChI is InChI=1S/C18H14FN3OS/c1-2-24-18-21-15-11-7-3-5-9-13(11)20-16(15)17(23)22(18)14-10-6-4-8-12(14)19/h3-10,20H,2H2,1H3. The van der Waals surface area contributed by atoms with Gasteiger partial charge in [0.1, 0.15) is 16.9 Å². The molecule has 0 fully saturated rings. The second-order valence-electron chi connectivity index (χ2n) is 5.31. The van der Waals surface area contributed by atoms with E-state index in [2.05, 4.69) is 9.97 Å². The van der Waals surface area contributed by atoms with E-state index in [0.29, 0.717) is 16.2 Å². The van der Waals surface area contributed by atoms with Crippen LogP contribution >= 0.6 is 11.8 Å². The zero-order valence-electron chi connectivity index (χ0n) is 12.9. The molecule has 0 aliphatic carbocycles. The minimum Gasteiger partial charge on any atom is -0.349 e. The first-order valence-corrected chi connectivity index (χ1v) is 8.60. The summed E-state index contributed by atoms with van der Waals surface area (Å²) in [5.74, 6) is 0.282. The summed E-state index contributed by atoms with van der Waals surface area (Å²) in [6.07, 6.45) is 0. The number of hydrogen-bond donors (Lipinski definition) is 1. The van der Waals surface area contributed by atoms with Crippen LogP contribution in [0.25, 0.3) is 27.6 Å². The molecule has 4 aromatic rings. The van der Waals surface area contributed by atoms with E-state index in [-0.39, 0.29) is 11.2 Å². The molecule has 0 spiro atoms. The second-order valence-corrected chi connectivity index (χ2v) is 6.54. The minimum absolute atomic E-state index is 0.214. The van der Waals surface area contributed by atoms with E-state index in [9.17, 15) is 9.18 Å². The zero-order chi connectivity index (χ0) is 16.7. The lowest BCUT2D eigenvalue weighted by Crippen LogP contribution is -2.22. The molecule has 2 aromatic heterocycles. The molecule has 4 nitrogen and oxygen atoms in total. The summed E-state index contributed by atoms with van der Waals surface area (Å²) < 4.78 is 15.6. The van der Waals surface area contributed by atoms with Gasteiger partial charge in [-0.25, -0.2) is 9.37 Å². The smallest absolute Gasteiger partial charge is 0.283 e. The quantitative estimate of drug-likeness (QED) is 0.451. The molecule has 0 saturated carbocycles. The number of thioether (sulfide) groups is 1. The fourth-order valence-corrected chi connectivity index (χ4v) is 3.54. The molecule has 4 rings (SSSR count). The monoisotopic (exact) mass is 339 g/mol. The average molecular weight is 339 g/mol. The summed E-state index contributed by atoms with van der Waals surface area (Å²) >= 11 is 1.42. The number of para-hydroxylation sites is 2. The normalized spacial score (nSPS) is 11.4. The topological polar surface area (TPSA) is 50.7 Å². The number of H-pyrrole nitrogens is 1. The van der Waals surface area contributed by atoms with Crippen molar-refractivity contribution in [3.05, 3.63) is 64.7 Å². The predicted octanol–water partition coefficient (Wildman–Crippen LogP) is 4.12. The summed E-state index contributed by atoms with van der Waals surface area (Å²) in [7, 11) is 0. The van der Waals surface area contributed by atoms with Crippen LogP contribution in [-0.4, -0.2) is 20.3 Å². The first-order valence-electron chi connectivity index (χ1n) is 7.62. The SMILES string of the molecule is CCSc1nc2c([nH]c3ccccc32)c(=O)n1-c1ccccc1F. The maximum absolute atomic E-state index is 14.3. The molecule has 24 heavy (non-hydrogen) atoms. The largest absolute Gasteiger partial charge is 0.349 e. The molecular formula is C18H14FN3OS. The van der Waals surface area contributed by atoms with Crippen LogP contribution in [0.15, 0.2) is 58.5 Å². The number of benzene rings is 2. The molecule has 0 aliphatic rings. The summed E-state index contributed by atoms with van der Waals surface area (Å²) in [4.78, 5) is 20.8. The van der Waals surface area contributed by atoms with Crippen molar-refractivity contribution in [2.45, 2.75) is 12.1 Å². The molecule has 0 bridgehead atoms. The molecule has 0 aliphatic heterocycles. The van der Waals surface area contributed by atoms with Gasteiger partial charge in [0.25, 0.3) is 5.56 Å². The van der Waals surface area contributed by atoms with E-state index in [1.54, 1.807) is 18.2 Å². The molecule has 2 aromatic carbocycles. The van der Waals surface area contributed by atoms with Crippen molar-refractivity contribution in [2.75, 3.05) is 5.75 Å². The summed E-state index contributed by atoms with van der Waals surface area (Å²) in [6, 6.07) is 13.9. The summed E-state index contributed by atoms with van der Waals surface area (Å²) in [5.41, 5.74) is 1.78. The van der Waals surface area contributed by atoms with Gasteiger partial charge < -0.3 is 4.98 Å². The zero-order valence-corrected chi connectivity index (χ0v) is 13.7. The second kappa shape index (κ2) is 5.79. The van der Waals surface area contributed by atoms with E-state index < -0.39 is 5.82 Å². The van der Waals surface area contributed by atoms with Crippen LogP contribution in [0.2, 0.25) is 0 Å². The number of rotatable bonds is 3. The van der Waals surface area contributed by atoms with Crippen LogP contribution in [-0.2, 0) is 0 Å². The lowest BCUT2D eigenvalue weighted by atomic mass is 10.2. The van der Waals surface area contributed by atoms with Crippen molar-refractivity contribution >= 4 is 33.7 Å². The number of nitrogens with zero attached hydrogens (tertiary/aromatic N) is 2. The van der Waals surface area contributed by atoms with Crippen LogP contribution in [0, 0.1) is 5.82 Å². The highest BCUT2D eigenvalue weighted by Gasteiger charge is 2.18. The van der Waals surface area contributed by atoms with Crippen LogP contribution in [0.3, 0.4) is 0 Å². The number of nitrogens with one attached hydrogen (secondary N) is 1. The van der Waals surface area contributed by atoms with E-state index in [1.807, 2.05) is 31.2 Å². The van der Waals surface area contributed by atoms with Gasteiger partial charge >= 0.3 is 0 Å². The predicted molar refractivity (Wildman–Crippen MR) is 95.6 cm³/mol. The van der Waals surface area contributed by atoms with Crippen molar-refractivity contribution in [1.82, 2.24) is 14.5 Å². The van der Waals surface area contributed by atoms with Gasteiger partial charge in [0.15, 0.2) is 5.16 Å². The number of halogens is 1. The van der Waals surface area contributed by atoms with Crippen molar-refractivity contribution in [2.24, 2.45) is 0 Å². The number of aromatic amines is 1. The van der Waals surface area contributed by atoms with Crippen molar-refractivity contribution in [3.8, 4) is 5.69 Å². The minimum atomic E-state index is -0.449. The highest BCUT2D eigenvalue weighted by molar-refractivity contribution is 7.99. The molecule has 0 atom stereocenters. The van der Waals surface area contributed by atoms with Gasteiger partial charge in [-0.1, -0.05) is 49.0 Å². The molecule has 2 heterocycles. The summed E-state index contributed by atoms with van der Waals surface area (Å²) in [6.45, 7) is 1.97. The lowest BCUT2D eigenvalue weighted by molar-refractivity contribution is 0.608. The Bertz CT molecular complexity index is 1120. The van der Waals surface area contributed by atoms with Gasteiger partial charge in [0.2, 0.25) is 0 Å². The maximum Gasteiger partial charge on any atom is 0.283 e. The van der Waals surface area contributed by atoms with Crippen molar-refractivity contribution in [3.63, 3.8) is 0 Å². The lowest BCUT2D eigenvalue weighted by Gasteiger charge is -2.12. The maximum atomic E-state index is 14.3.